The van der Waals surface area contributed by atoms with Crippen LogP contribution in [0.25, 0.3) is 0 Å². The van der Waals surface area contributed by atoms with Gasteiger partial charge in [-0.3, -0.25) is 9.59 Å². The lowest BCUT2D eigenvalue weighted by Crippen LogP contribution is -2.51. The molecule has 2 fully saturated rings. The standard InChI is InChI=1S/C24H23BrN2O5/c1-4-31-21(28)19-17-12-32-18-10-5-13(2)11-16(18)20(17)27-23(30)26(22(29)24(19,27)3)15-8-6-14(25)7-9-15/h5-11,17,19-20H,4,12H2,1-3H3/t17-,19+,20+,24+/m1/s1. The Balaban J connectivity index is 1.69. The van der Waals surface area contributed by atoms with Crippen LogP contribution in [0.4, 0.5) is 10.5 Å². The number of carbonyl (C=O) groups is 3. The maximum Gasteiger partial charge on any atom is 0.332 e. The molecule has 166 valence electrons. The van der Waals surface area contributed by atoms with Crippen molar-refractivity contribution >= 4 is 39.5 Å². The van der Waals surface area contributed by atoms with Crippen LogP contribution in [0.3, 0.4) is 0 Å². The van der Waals surface area contributed by atoms with Crippen molar-refractivity contribution in [3.63, 3.8) is 0 Å². The van der Waals surface area contributed by atoms with E-state index in [4.69, 9.17) is 9.47 Å². The second-order valence-electron chi connectivity index (χ2n) is 8.61. The molecule has 7 nitrogen and oxygen atoms in total. The summed E-state index contributed by atoms with van der Waals surface area (Å²) < 4.78 is 12.2. The normalized spacial score (nSPS) is 28.2. The van der Waals surface area contributed by atoms with Crippen LogP contribution in [0.2, 0.25) is 0 Å². The minimum Gasteiger partial charge on any atom is -0.493 e. The Morgan fingerprint density at radius 3 is 2.62 bits per heavy atom. The molecule has 8 heteroatoms. The number of nitrogens with zero attached hydrogens (tertiary/aromatic N) is 2. The van der Waals surface area contributed by atoms with Gasteiger partial charge in [-0.2, -0.15) is 0 Å². The van der Waals surface area contributed by atoms with Crippen LogP contribution < -0.4 is 9.64 Å². The summed E-state index contributed by atoms with van der Waals surface area (Å²) in [6, 6.07) is 11.9. The van der Waals surface area contributed by atoms with Gasteiger partial charge in [-0.25, -0.2) is 9.69 Å². The van der Waals surface area contributed by atoms with E-state index in [2.05, 4.69) is 15.9 Å². The third kappa shape index (κ3) is 2.75. The molecule has 0 N–H and O–H groups in total. The topological polar surface area (TPSA) is 76.2 Å². The van der Waals surface area contributed by atoms with E-state index in [-0.39, 0.29) is 19.1 Å². The van der Waals surface area contributed by atoms with Gasteiger partial charge in [0.1, 0.15) is 11.3 Å². The molecular weight excluding hydrogens is 476 g/mol. The number of amides is 3. The number of urea groups is 1. The highest BCUT2D eigenvalue weighted by Crippen LogP contribution is 2.58. The van der Waals surface area contributed by atoms with Gasteiger partial charge in [0.25, 0.3) is 5.91 Å². The Bertz CT molecular complexity index is 1130. The minimum absolute atomic E-state index is 0.192. The molecule has 0 aliphatic carbocycles. The Morgan fingerprint density at radius 2 is 1.94 bits per heavy atom. The van der Waals surface area contributed by atoms with Gasteiger partial charge in [-0.05, 0) is 51.1 Å². The second-order valence-corrected chi connectivity index (χ2v) is 9.52. The van der Waals surface area contributed by atoms with Gasteiger partial charge in [0.2, 0.25) is 0 Å². The zero-order valence-corrected chi connectivity index (χ0v) is 19.6. The largest absolute Gasteiger partial charge is 0.493 e. The van der Waals surface area contributed by atoms with Crippen LogP contribution in [0, 0.1) is 18.8 Å². The van der Waals surface area contributed by atoms with Crippen LogP contribution in [-0.2, 0) is 14.3 Å². The van der Waals surface area contributed by atoms with E-state index in [0.717, 1.165) is 15.6 Å². The molecule has 3 aliphatic heterocycles. The summed E-state index contributed by atoms with van der Waals surface area (Å²) in [6.45, 7) is 5.80. The number of esters is 1. The number of fused-ring (bicyclic) bond motifs is 5. The monoisotopic (exact) mass is 498 g/mol. The summed E-state index contributed by atoms with van der Waals surface area (Å²) >= 11 is 3.39. The maximum atomic E-state index is 13.8. The summed E-state index contributed by atoms with van der Waals surface area (Å²) in [5.41, 5.74) is 0.921. The highest BCUT2D eigenvalue weighted by atomic mass is 79.9. The Morgan fingerprint density at radius 1 is 1.22 bits per heavy atom. The van der Waals surface area contributed by atoms with Gasteiger partial charge in [-0.1, -0.05) is 33.6 Å². The number of benzene rings is 2. The molecule has 32 heavy (non-hydrogen) atoms. The number of hydrogen-bond acceptors (Lipinski definition) is 5. The Labute approximate surface area is 194 Å². The van der Waals surface area contributed by atoms with Gasteiger partial charge >= 0.3 is 12.0 Å². The van der Waals surface area contributed by atoms with Crippen molar-refractivity contribution < 1.29 is 23.9 Å². The Kier molecular flexibility index (Phi) is 4.81. The van der Waals surface area contributed by atoms with Gasteiger partial charge in [0.05, 0.1) is 30.9 Å². The summed E-state index contributed by atoms with van der Waals surface area (Å²) in [5, 5.41) is 0. The summed E-state index contributed by atoms with van der Waals surface area (Å²) in [4.78, 5) is 43.6. The first-order chi connectivity index (χ1) is 15.3. The number of aryl methyl sites for hydroxylation is 1. The van der Waals surface area contributed by atoms with Crippen molar-refractivity contribution in [3.05, 3.63) is 58.1 Å². The molecule has 0 spiro atoms. The van der Waals surface area contributed by atoms with Crippen molar-refractivity contribution in [1.29, 1.82) is 0 Å². The number of imide groups is 1. The van der Waals surface area contributed by atoms with E-state index in [9.17, 15) is 14.4 Å². The van der Waals surface area contributed by atoms with Crippen molar-refractivity contribution in [2.24, 2.45) is 11.8 Å². The number of anilines is 1. The summed E-state index contributed by atoms with van der Waals surface area (Å²) in [6.07, 6.45) is 0. The van der Waals surface area contributed by atoms with Crippen LogP contribution in [0.15, 0.2) is 46.9 Å². The van der Waals surface area contributed by atoms with E-state index in [0.29, 0.717) is 11.4 Å². The second kappa shape index (κ2) is 7.33. The number of hydrogen-bond donors (Lipinski definition) is 0. The van der Waals surface area contributed by atoms with Crippen LogP contribution in [0.1, 0.15) is 31.0 Å². The van der Waals surface area contributed by atoms with Gasteiger partial charge < -0.3 is 14.4 Å². The molecule has 0 radical (unpaired) electrons. The Hall–Kier alpha value is -2.87. The molecule has 0 bridgehead atoms. The van der Waals surface area contributed by atoms with Crippen molar-refractivity contribution in [2.75, 3.05) is 18.1 Å². The van der Waals surface area contributed by atoms with E-state index in [1.54, 1.807) is 43.0 Å². The fraction of sp³-hybridized carbons (Fsp3) is 0.375. The molecule has 2 aromatic rings. The average molecular weight is 499 g/mol. The average Bonchev–Trinajstić information content (AvgIpc) is 3.14. The molecule has 2 saturated heterocycles. The predicted molar refractivity (Wildman–Crippen MR) is 120 cm³/mol. The molecule has 2 aromatic carbocycles. The lowest BCUT2D eigenvalue weighted by atomic mass is 9.77. The summed E-state index contributed by atoms with van der Waals surface area (Å²) in [5.74, 6) is -1.45. The zero-order valence-electron chi connectivity index (χ0n) is 18.0. The number of rotatable bonds is 3. The van der Waals surface area contributed by atoms with Crippen molar-refractivity contribution in [3.8, 4) is 5.75 Å². The predicted octanol–water partition coefficient (Wildman–Crippen LogP) is 4.23. The molecule has 0 unspecified atom stereocenters. The lowest BCUT2D eigenvalue weighted by Gasteiger charge is -2.34. The first kappa shape index (κ1) is 21.0. The molecule has 5 rings (SSSR count). The molecular formula is C24H23BrN2O5. The third-order valence-electron chi connectivity index (χ3n) is 6.79. The van der Waals surface area contributed by atoms with Crippen molar-refractivity contribution in [1.82, 2.24) is 4.90 Å². The van der Waals surface area contributed by atoms with Gasteiger partial charge in [-0.15, -0.1) is 0 Å². The van der Waals surface area contributed by atoms with Crippen LogP contribution in [0.5, 0.6) is 5.75 Å². The van der Waals surface area contributed by atoms with Crippen molar-refractivity contribution in [2.45, 2.75) is 32.4 Å². The maximum absolute atomic E-state index is 13.8. The SMILES string of the molecule is CCOC(=O)[C@@H]1[C@H]2COc3ccc(C)cc3[C@@H]2N2C(=O)N(c3ccc(Br)cc3)C(=O)[C@]12C. The number of ether oxygens (including phenoxy) is 2. The third-order valence-corrected chi connectivity index (χ3v) is 7.32. The highest BCUT2D eigenvalue weighted by molar-refractivity contribution is 9.10. The fourth-order valence-corrected chi connectivity index (χ4v) is 5.70. The van der Waals surface area contributed by atoms with E-state index >= 15 is 0 Å². The number of carbonyl (C=O) groups excluding carboxylic acids is 3. The molecule has 0 aromatic heterocycles. The quantitative estimate of drug-likeness (QED) is 0.467. The zero-order chi connectivity index (χ0) is 22.8. The van der Waals surface area contributed by atoms with E-state index in [1.165, 1.54) is 4.90 Å². The number of halogens is 1. The van der Waals surface area contributed by atoms with Gasteiger partial charge in [0.15, 0.2) is 0 Å². The molecule has 3 aliphatic rings. The summed E-state index contributed by atoms with van der Waals surface area (Å²) in [7, 11) is 0. The minimum atomic E-state index is -1.37. The first-order valence-corrected chi connectivity index (χ1v) is 11.4. The van der Waals surface area contributed by atoms with Crippen LogP contribution in [-0.4, -0.2) is 41.6 Å². The smallest absolute Gasteiger partial charge is 0.332 e. The van der Waals surface area contributed by atoms with E-state index < -0.39 is 35.4 Å². The fourth-order valence-electron chi connectivity index (χ4n) is 5.43. The van der Waals surface area contributed by atoms with Gasteiger partial charge in [0, 0.05) is 16.0 Å². The molecule has 3 amide bonds. The highest BCUT2D eigenvalue weighted by Gasteiger charge is 2.72. The molecule has 4 atom stereocenters. The van der Waals surface area contributed by atoms with E-state index in [1.807, 2.05) is 25.1 Å². The van der Waals surface area contributed by atoms with Crippen LogP contribution >= 0.6 is 15.9 Å². The lowest BCUT2D eigenvalue weighted by molar-refractivity contribution is -0.154. The first-order valence-electron chi connectivity index (χ1n) is 10.6. The molecule has 0 saturated carbocycles. The molecule has 3 heterocycles.